The Labute approximate surface area is 125 Å². The number of methoxy groups -OCH3 is 1. The van der Waals surface area contributed by atoms with Gasteiger partial charge in [-0.1, -0.05) is 0 Å². The molecule has 2 rings (SSSR count). The van der Waals surface area contributed by atoms with Crippen molar-refractivity contribution < 1.29 is 13.2 Å². The van der Waals surface area contributed by atoms with Crippen LogP contribution in [0.4, 0.5) is 0 Å². The van der Waals surface area contributed by atoms with Gasteiger partial charge >= 0.3 is 0 Å². The first-order chi connectivity index (χ1) is 9.48. The standard InChI is InChI=1S/C13H22N2O3S2/c1-10-7-13(19-12(10)8-14-2)20(16,17)15-6-4-5-11(9-15)18-3/h7,11,14H,4-6,8-9H2,1-3H3. The van der Waals surface area contributed by atoms with Gasteiger partial charge in [-0.3, -0.25) is 0 Å². The molecule has 0 radical (unpaired) electrons. The summed E-state index contributed by atoms with van der Waals surface area (Å²) in [6, 6.07) is 1.78. The van der Waals surface area contributed by atoms with Crippen molar-refractivity contribution in [1.82, 2.24) is 9.62 Å². The zero-order valence-corrected chi connectivity index (χ0v) is 13.8. The summed E-state index contributed by atoms with van der Waals surface area (Å²) >= 11 is 1.36. The lowest BCUT2D eigenvalue weighted by Crippen LogP contribution is -2.42. The fourth-order valence-electron chi connectivity index (χ4n) is 2.39. The molecule has 5 nitrogen and oxygen atoms in total. The second-order valence-electron chi connectivity index (χ2n) is 5.06. The zero-order chi connectivity index (χ0) is 14.8. The molecular formula is C13H22N2O3S2. The number of rotatable bonds is 5. The summed E-state index contributed by atoms with van der Waals surface area (Å²) in [6.45, 7) is 3.70. The molecule has 1 atom stereocenters. The van der Waals surface area contributed by atoms with Crippen LogP contribution in [0.25, 0.3) is 0 Å². The van der Waals surface area contributed by atoms with E-state index in [0.29, 0.717) is 23.8 Å². The molecule has 1 aromatic rings. The van der Waals surface area contributed by atoms with Gasteiger partial charge in [-0.2, -0.15) is 4.31 Å². The highest BCUT2D eigenvalue weighted by Crippen LogP contribution is 2.30. The highest BCUT2D eigenvalue weighted by Gasteiger charge is 2.31. The van der Waals surface area contributed by atoms with Crippen molar-refractivity contribution in [3.63, 3.8) is 0 Å². The Morgan fingerprint density at radius 2 is 2.30 bits per heavy atom. The molecule has 1 saturated heterocycles. The Bertz CT molecular complexity index is 554. The average Bonchev–Trinajstić information content (AvgIpc) is 2.81. The van der Waals surface area contributed by atoms with E-state index in [4.69, 9.17) is 4.74 Å². The van der Waals surface area contributed by atoms with Gasteiger partial charge < -0.3 is 10.1 Å². The number of hydrogen-bond acceptors (Lipinski definition) is 5. The maximum atomic E-state index is 12.7. The van der Waals surface area contributed by atoms with Crippen molar-refractivity contribution in [3.8, 4) is 0 Å². The lowest BCUT2D eigenvalue weighted by atomic mass is 10.1. The number of sulfonamides is 1. The Hall–Kier alpha value is -0.470. The van der Waals surface area contributed by atoms with Gasteiger partial charge in [0.05, 0.1) is 6.10 Å². The van der Waals surface area contributed by atoms with Gasteiger partial charge in [0.2, 0.25) is 0 Å². The number of nitrogens with zero attached hydrogens (tertiary/aromatic N) is 1. The van der Waals surface area contributed by atoms with Gasteiger partial charge in [-0.15, -0.1) is 11.3 Å². The van der Waals surface area contributed by atoms with Crippen molar-refractivity contribution in [2.24, 2.45) is 0 Å². The van der Waals surface area contributed by atoms with Crippen LogP contribution >= 0.6 is 11.3 Å². The second-order valence-corrected chi connectivity index (χ2v) is 8.37. The van der Waals surface area contributed by atoms with Gasteiger partial charge in [0, 0.05) is 31.6 Å². The molecule has 0 spiro atoms. The van der Waals surface area contributed by atoms with E-state index < -0.39 is 10.0 Å². The number of thiophene rings is 1. The van der Waals surface area contributed by atoms with Crippen LogP contribution in [-0.4, -0.2) is 46.1 Å². The Morgan fingerprint density at radius 1 is 1.55 bits per heavy atom. The summed E-state index contributed by atoms with van der Waals surface area (Å²) < 4.78 is 32.7. The molecule has 0 aliphatic carbocycles. The van der Waals surface area contributed by atoms with Crippen LogP contribution in [0.15, 0.2) is 10.3 Å². The van der Waals surface area contributed by atoms with E-state index in [1.54, 1.807) is 17.5 Å². The van der Waals surface area contributed by atoms with E-state index in [1.807, 2.05) is 14.0 Å². The Balaban J connectivity index is 2.23. The minimum Gasteiger partial charge on any atom is -0.380 e. The first-order valence-corrected chi connectivity index (χ1v) is 9.01. The van der Waals surface area contributed by atoms with Gasteiger partial charge in [0.15, 0.2) is 0 Å². The SMILES string of the molecule is CNCc1sc(S(=O)(=O)N2CCCC(OC)C2)cc1C. The molecule has 0 amide bonds. The molecule has 1 unspecified atom stereocenters. The molecule has 114 valence electrons. The van der Waals surface area contributed by atoms with Crippen molar-refractivity contribution in [3.05, 3.63) is 16.5 Å². The summed E-state index contributed by atoms with van der Waals surface area (Å²) in [5, 5.41) is 3.07. The molecule has 0 bridgehead atoms. The van der Waals surface area contributed by atoms with Crippen LogP contribution in [0.2, 0.25) is 0 Å². The van der Waals surface area contributed by atoms with E-state index in [9.17, 15) is 8.42 Å². The zero-order valence-electron chi connectivity index (χ0n) is 12.2. The second kappa shape index (κ2) is 6.53. The normalized spacial score (nSPS) is 21.2. The molecular weight excluding hydrogens is 296 g/mol. The molecule has 1 aliphatic heterocycles. The number of aryl methyl sites for hydroxylation is 1. The summed E-state index contributed by atoms with van der Waals surface area (Å²) in [6.07, 6.45) is 1.79. The molecule has 1 aliphatic rings. The van der Waals surface area contributed by atoms with Gasteiger partial charge in [-0.05, 0) is 38.4 Å². The summed E-state index contributed by atoms with van der Waals surface area (Å²) in [5.41, 5.74) is 1.03. The molecule has 0 saturated carbocycles. The number of hydrogen-bond donors (Lipinski definition) is 1. The monoisotopic (exact) mass is 318 g/mol. The molecule has 1 aromatic heterocycles. The van der Waals surface area contributed by atoms with E-state index >= 15 is 0 Å². The number of nitrogens with one attached hydrogen (secondary N) is 1. The Kier molecular flexibility index (Phi) is 5.19. The minimum absolute atomic E-state index is 0.0105. The molecule has 20 heavy (non-hydrogen) atoms. The fourth-order valence-corrected chi connectivity index (χ4v) is 5.66. The van der Waals surface area contributed by atoms with E-state index in [-0.39, 0.29) is 6.10 Å². The minimum atomic E-state index is -3.38. The highest BCUT2D eigenvalue weighted by molar-refractivity contribution is 7.91. The number of ether oxygens (including phenoxy) is 1. The molecule has 1 N–H and O–H groups in total. The predicted molar refractivity (Wildman–Crippen MR) is 80.6 cm³/mol. The topological polar surface area (TPSA) is 58.6 Å². The third-order valence-electron chi connectivity index (χ3n) is 3.60. The molecule has 7 heteroatoms. The van der Waals surface area contributed by atoms with Crippen LogP contribution in [0.1, 0.15) is 23.3 Å². The van der Waals surface area contributed by atoms with E-state index in [1.165, 1.54) is 11.3 Å². The van der Waals surface area contributed by atoms with Gasteiger partial charge in [0.1, 0.15) is 4.21 Å². The van der Waals surface area contributed by atoms with E-state index in [0.717, 1.165) is 23.3 Å². The smallest absolute Gasteiger partial charge is 0.252 e. The lowest BCUT2D eigenvalue weighted by molar-refractivity contribution is 0.0572. The van der Waals surface area contributed by atoms with Crippen LogP contribution in [0, 0.1) is 6.92 Å². The molecule has 0 aromatic carbocycles. The lowest BCUT2D eigenvalue weighted by Gasteiger charge is -2.30. The highest BCUT2D eigenvalue weighted by atomic mass is 32.2. The summed E-state index contributed by atoms with van der Waals surface area (Å²) in [7, 11) is 0.121. The average molecular weight is 318 g/mol. The Morgan fingerprint density at radius 3 is 2.95 bits per heavy atom. The van der Waals surface area contributed by atoms with Crippen molar-refractivity contribution in [1.29, 1.82) is 0 Å². The predicted octanol–water partition coefficient (Wildman–Crippen LogP) is 1.58. The first kappa shape index (κ1) is 15.9. The van der Waals surface area contributed by atoms with Crippen LogP contribution in [0.5, 0.6) is 0 Å². The maximum Gasteiger partial charge on any atom is 0.252 e. The third kappa shape index (κ3) is 3.23. The van der Waals surface area contributed by atoms with Crippen molar-refractivity contribution in [2.75, 3.05) is 27.2 Å². The molecule has 2 heterocycles. The van der Waals surface area contributed by atoms with Gasteiger partial charge in [0.25, 0.3) is 10.0 Å². The third-order valence-corrected chi connectivity index (χ3v) is 7.16. The van der Waals surface area contributed by atoms with E-state index in [2.05, 4.69) is 5.32 Å². The van der Waals surface area contributed by atoms with Crippen LogP contribution in [-0.2, 0) is 21.3 Å². The van der Waals surface area contributed by atoms with Crippen molar-refractivity contribution >= 4 is 21.4 Å². The van der Waals surface area contributed by atoms with Gasteiger partial charge in [-0.25, -0.2) is 8.42 Å². The summed E-state index contributed by atoms with van der Waals surface area (Å²) in [4.78, 5) is 1.08. The first-order valence-electron chi connectivity index (χ1n) is 6.76. The largest absolute Gasteiger partial charge is 0.380 e. The number of piperidine rings is 1. The van der Waals surface area contributed by atoms with Crippen LogP contribution < -0.4 is 5.32 Å². The quantitative estimate of drug-likeness (QED) is 0.895. The maximum absolute atomic E-state index is 12.7. The van der Waals surface area contributed by atoms with Crippen molar-refractivity contribution in [2.45, 2.75) is 36.6 Å². The molecule has 1 fully saturated rings. The summed E-state index contributed by atoms with van der Waals surface area (Å²) in [5.74, 6) is 0. The fraction of sp³-hybridized carbons (Fsp3) is 0.692. The van der Waals surface area contributed by atoms with Crippen LogP contribution in [0.3, 0.4) is 0 Å².